The van der Waals surface area contributed by atoms with Gasteiger partial charge in [-0.3, -0.25) is 0 Å². The summed E-state index contributed by atoms with van der Waals surface area (Å²) >= 11 is 3.41. The Hall–Kier alpha value is -1.55. The molecule has 0 bridgehead atoms. The highest BCUT2D eigenvalue weighted by molar-refractivity contribution is 9.10. The molecule has 0 N–H and O–H groups in total. The molecule has 1 aromatic heterocycles. The van der Waals surface area contributed by atoms with Crippen LogP contribution in [0.15, 0.2) is 41.0 Å². The second-order valence-corrected chi connectivity index (χ2v) is 4.77. The third-order valence-corrected chi connectivity index (χ3v) is 3.37. The van der Waals surface area contributed by atoms with Gasteiger partial charge in [0.15, 0.2) is 0 Å². The summed E-state index contributed by atoms with van der Waals surface area (Å²) in [5, 5.41) is 0. The molecule has 0 saturated carbocycles. The summed E-state index contributed by atoms with van der Waals surface area (Å²) in [7, 11) is 1.65. The van der Waals surface area contributed by atoms with E-state index in [0.29, 0.717) is 12.5 Å². The molecule has 3 nitrogen and oxygen atoms in total. The van der Waals surface area contributed by atoms with Gasteiger partial charge >= 0.3 is 0 Å². The number of halogens is 1. The van der Waals surface area contributed by atoms with Gasteiger partial charge in [0, 0.05) is 16.7 Å². The van der Waals surface area contributed by atoms with Crippen molar-refractivity contribution in [1.82, 2.24) is 4.98 Å². The molecule has 0 amide bonds. The minimum absolute atomic E-state index is 0.477. The lowest BCUT2D eigenvalue weighted by molar-refractivity contribution is 0.292. The van der Waals surface area contributed by atoms with E-state index in [0.717, 1.165) is 21.3 Å². The molecule has 4 heteroatoms. The average Bonchev–Trinajstić information content (AvgIpc) is 2.40. The topological polar surface area (TPSA) is 31.4 Å². The van der Waals surface area contributed by atoms with Crippen molar-refractivity contribution in [3.05, 3.63) is 52.1 Å². The van der Waals surface area contributed by atoms with E-state index in [4.69, 9.17) is 9.47 Å². The minimum Gasteiger partial charge on any atom is -0.497 e. The number of nitrogens with zero attached hydrogens (tertiary/aromatic N) is 1. The monoisotopic (exact) mass is 307 g/mol. The predicted molar refractivity (Wildman–Crippen MR) is 74.0 cm³/mol. The Labute approximate surface area is 115 Å². The Morgan fingerprint density at radius 2 is 2.11 bits per heavy atom. The van der Waals surface area contributed by atoms with Crippen molar-refractivity contribution in [3.8, 4) is 11.6 Å². The van der Waals surface area contributed by atoms with E-state index < -0.39 is 0 Å². The largest absolute Gasteiger partial charge is 0.497 e. The molecule has 2 aromatic rings. The SMILES string of the molecule is COc1cccc(COc2cc(C)c(Br)cn2)c1. The molecule has 1 aromatic carbocycles. The summed E-state index contributed by atoms with van der Waals surface area (Å²) in [5.41, 5.74) is 2.15. The molecule has 0 radical (unpaired) electrons. The standard InChI is InChI=1S/C14H14BrNO2/c1-10-6-14(16-8-13(10)15)18-9-11-4-3-5-12(7-11)17-2/h3-8H,9H2,1-2H3. The first-order chi connectivity index (χ1) is 8.69. The Kier molecular flexibility index (Phi) is 4.20. The maximum atomic E-state index is 5.64. The number of hydrogen-bond donors (Lipinski definition) is 0. The first kappa shape index (κ1) is 12.9. The Balaban J connectivity index is 2.04. The van der Waals surface area contributed by atoms with Crippen LogP contribution in [0.4, 0.5) is 0 Å². The van der Waals surface area contributed by atoms with Crippen molar-refractivity contribution >= 4 is 15.9 Å². The molecule has 0 spiro atoms. The van der Waals surface area contributed by atoms with E-state index in [-0.39, 0.29) is 0 Å². The van der Waals surface area contributed by atoms with Crippen LogP contribution in [-0.2, 0) is 6.61 Å². The fourth-order valence-electron chi connectivity index (χ4n) is 1.51. The molecular weight excluding hydrogens is 294 g/mol. The number of hydrogen-bond acceptors (Lipinski definition) is 3. The Morgan fingerprint density at radius 1 is 1.28 bits per heavy atom. The van der Waals surface area contributed by atoms with Crippen molar-refractivity contribution in [1.29, 1.82) is 0 Å². The molecule has 0 saturated heterocycles. The highest BCUT2D eigenvalue weighted by Crippen LogP contribution is 2.20. The molecule has 2 rings (SSSR count). The van der Waals surface area contributed by atoms with Crippen LogP contribution >= 0.6 is 15.9 Å². The number of ether oxygens (including phenoxy) is 2. The molecular formula is C14H14BrNO2. The van der Waals surface area contributed by atoms with Gasteiger partial charge in [0.05, 0.1) is 7.11 Å². The van der Waals surface area contributed by atoms with E-state index in [9.17, 15) is 0 Å². The van der Waals surface area contributed by atoms with Gasteiger partial charge in [-0.15, -0.1) is 0 Å². The van der Waals surface area contributed by atoms with Crippen LogP contribution in [0.2, 0.25) is 0 Å². The number of methoxy groups -OCH3 is 1. The summed E-state index contributed by atoms with van der Waals surface area (Å²) < 4.78 is 11.8. The maximum absolute atomic E-state index is 5.64. The molecule has 94 valence electrons. The van der Waals surface area contributed by atoms with Crippen molar-refractivity contribution in [3.63, 3.8) is 0 Å². The number of aryl methyl sites for hydroxylation is 1. The zero-order valence-corrected chi connectivity index (χ0v) is 11.9. The molecule has 0 atom stereocenters. The van der Waals surface area contributed by atoms with Gasteiger partial charge < -0.3 is 9.47 Å². The highest BCUT2D eigenvalue weighted by Gasteiger charge is 2.01. The summed E-state index contributed by atoms with van der Waals surface area (Å²) in [5.74, 6) is 1.45. The lowest BCUT2D eigenvalue weighted by Gasteiger charge is -2.08. The van der Waals surface area contributed by atoms with Gasteiger partial charge in [-0.1, -0.05) is 12.1 Å². The lowest BCUT2D eigenvalue weighted by atomic mass is 10.2. The van der Waals surface area contributed by atoms with E-state index in [1.165, 1.54) is 0 Å². The van der Waals surface area contributed by atoms with Crippen LogP contribution in [-0.4, -0.2) is 12.1 Å². The zero-order valence-electron chi connectivity index (χ0n) is 10.3. The van der Waals surface area contributed by atoms with Crippen LogP contribution in [0.1, 0.15) is 11.1 Å². The van der Waals surface area contributed by atoms with E-state index >= 15 is 0 Å². The fourth-order valence-corrected chi connectivity index (χ4v) is 1.73. The summed E-state index contributed by atoms with van der Waals surface area (Å²) in [4.78, 5) is 4.20. The number of pyridine rings is 1. The third kappa shape index (κ3) is 3.23. The number of aromatic nitrogens is 1. The van der Waals surface area contributed by atoms with E-state index in [1.54, 1.807) is 13.3 Å². The summed E-state index contributed by atoms with van der Waals surface area (Å²) in [6, 6.07) is 9.70. The molecule has 0 unspecified atom stereocenters. The van der Waals surface area contributed by atoms with Crippen molar-refractivity contribution in [2.75, 3.05) is 7.11 Å². The van der Waals surface area contributed by atoms with Crippen LogP contribution in [0.5, 0.6) is 11.6 Å². The van der Waals surface area contributed by atoms with Gasteiger partial charge in [-0.05, 0) is 46.1 Å². The normalized spacial score (nSPS) is 10.2. The lowest BCUT2D eigenvalue weighted by Crippen LogP contribution is -1.98. The number of benzene rings is 1. The molecule has 0 aliphatic carbocycles. The summed E-state index contributed by atoms with van der Waals surface area (Å²) in [6.07, 6.45) is 1.75. The zero-order chi connectivity index (χ0) is 13.0. The quantitative estimate of drug-likeness (QED) is 0.862. The number of rotatable bonds is 4. The average molecular weight is 308 g/mol. The third-order valence-electron chi connectivity index (χ3n) is 2.54. The van der Waals surface area contributed by atoms with Crippen LogP contribution in [0.25, 0.3) is 0 Å². The van der Waals surface area contributed by atoms with Gasteiger partial charge in [0.25, 0.3) is 0 Å². The van der Waals surface area contributed by atoms with Gasteiger partial charge in [-0.2, -0.15) is 0 Å². The second kappa shape index (κ2) is 5.87. The van der Waals surface area contributed by atoms with Crippen molar-refractivity contribution < 1.29 is 9.47 Å². The van der Waals surface area contributed by atoms with E-state index in [2.05, 4.69) is 20.9 Å². The van der Waals surface area contributed by atoms with Crippen LogP contribution < -0.4 is 9.47 Å². The van der Waals surface area contributed by atoms with Gasteiger partial charge in [0.1, 0.15) is 12.4 Å². The minimum atomic E-state index is 0.477. The van der Waals surface area contributed by atoms with E-state index in [1.807, 2.05) is 37.3 Å². The predicted octanol–water partition coefficient (Wildman–Crippen LogP) is 3.74. The molecule has 1 heterocycles. The van der Waals surface area contributed by atoms with Crippen LogP contribution in [0.3, 0.4) is 0 Å². The fraction of sp³-hybridized carbons (Fsp3) is 0.214. The first-order valence-corrected chi connectivity index (χ1v) is 6.36. The van der Waals surface area contributed by atoms with Crippen LogP contribution in [0, 0.1) is 6.92 Å². The van der Waals surface area contributed by atoms with Crippen molar-refractivity contribution in [2.24, 2.45) is 0 Å². The maximum Gasteiger partial charge on any atom is 0.213 e. The van der Waals surface area contributed by atoms with Crippen molar-refractivity contribution in [2.45, 2.75) is 13.5 Å². The smallest absolute Gasteiger partial charge is 0.213 e. The molecule has 0 aliphatic rings. The van der Waals surface area contributed by atoms with Gasteiger partial charge in [-0.25, -0.2) is 4.98 Å². The Morgan fingerprint density at radius 3 is 2.83 bits per heavy atom. The molecule has 18 heavy (non-hydrogen) atoms. The Bertz CT molecular complexity index is 543. The first-order valence-electron chi connectivity index (χ1n) is 5.57. The highest BCUT2D eigenvalue weighted by atomic mass is 79.9. The molecule has 0 fully saturated rings. The summed E-state index contributed by atoms with van der Waals surface area (Å²) in [6.45, 7) is 2.48. The van der Waals surface area contributed by atoms with Gasteiger partial charge in [0.2, 0.25) is 5.88 Å². The second-order valence-electron chi connectivity index (χ2n) is 3.91. The molecule has 0 aliphatic heterocycles.